The van der Waals surface area contributed by atoms with Crippen LogP contribution in [0.2, 0.25) is 0 Å². The zero-order valence-corrected chi connectivity index (χ0v) is 21.4. The quantitative estimate of drug-likeness (QED) is 0.447. The smallest absolute Gasteiger partial charge is 0.355 e. The number of benzene rings is 2. The second-order valence-corrected chi connectivity index (χ2v) is 10.3. The molecule has 2 aromatic rings. The molecule has 0 saturated carbocycles. The van der Waals surface area contributed by atoms with Crippen LogP contribution in [-0.2, 0) is 11.2 Å². The van der Waals surface area contributed by atoms with Crippen molar-refractivity contribution in [3.05, 3.63) is 71.0 Å². The molecule has 0 spiro atoms. The van der Waals surface area contributed by atoms with Gasteiger partial charge in [0.15, 0.2) is 0 Å². The van der Waals surface area contributed by atoms with Crippen LogP contribution in [0.25, 0.3) is 0 Å². The highest BCUT2D eigenvalue weighted by atomic mass is 19.4. The fraction of sp³-hybridized carbons (Fsp3) is 0.481. The van der Waals surface area contributed by atoms with Gasteiger partial charge in [0.2, 0.25) is 5.91 Å². The third-order valence-electron chi connectivity index (χ3n) is 6.10. The van der Waals surface area contributed by atoms with Crippen LogP contribution < -0.4 is 10.6 Å². The summed E-state index contributed by atoms with van der Waals surface area (Å²) >= 11 is 0. The average Bonchev–Trinajstić information content (AvgIpc) is 2.77. The molecule has 0 radical (unpaired) electrons. The van der Waals surface area contributed by atoms with E-state index in [1.54, 1.807) is 5.32 Å². The number of hydrogen-bond acceptors (Lipinski definition) is 3. The lowest BCUT2D eigenvalue weighted by Gasteiger charge is -2.31. The van der Waals surface area contributed by atoms with E-state index in [4.69, 9.17) is 0 Å². The first kappa shape index (κ1) is 29.3. The molecule has 0 aliphatic rings. The van der Waals surface area contributed by atoms with Crippen LogP contribution in [0.5, 0.6) is 0 Å². The van der Waals surface area contributed by atoms with Crippen LogP contribution in [0.15, 0.2) is 48.5 Å². The fourth-order valence-electron chi connectivity index (χ4n) is 3.95. The highest BCUT2D eigenvalue weighted by Gasteiger charge is 2.29. The normalized spacial score (nSPS) is 13.8. The van der Waals surface area contributed by atoms with Gasteiger partial charge in [0.1, 0.15) is 12.4 Å². The van der Waals surface area contributed by atoms with Crippen molar-refractivity contribution in [2.75, 3.05) is 27.2 Å². The Morgan fingerprint density at radius 2 is 1.61 bits per heavy atom. The summed E-state index contributed by atoms with van der Waals surface area (Å²) in [5, 5.41) is 4.66. The van der Waals surface area contributed by atoms with Crippen molar-refractivity contribution in [3.8, 4) is 0 Å². The van der Waals surface area contributed by atoms with Crippen molar-refractivity contribution in [3.63, 3.8) is 0 Å². The Morgan fingerprint density at radius 1 is 0.972 bits per heavy atom. The number of halogens is 4. The molecule has 2 aromatic carbocycles. The highest BCUT2D eigenvalue weighted by Crippen LogP contribution is 2.37. The lowest BCUT2D eigenvalue weighted by atomic mass is 9.74. The van der Waals surface area contributed by atoms with E-state index in [0.29, 0.717) is 24.9 Å². The Morgan fingerprint density at radius 3 is 2.14 bits per heavy atom. The first-order valence-corrected chi connectivity index (χ1v) is 11.8. The van der Waals surface area contributed by atoms with E-state index in [1.807, 2.05) is 49.3 Å². The molecule has 5 nitrogen and oxygen atoms in total. The van der Waals surface area contributed by atoms with Crippen molar-refractivity contribution < 1.29 is 27.2 Å². The Bertz CT molecular complexity index is 1020. The number of alkyl halides is 3. The third-order valence-corrected chi connectivity index (χ3v) is 6.10. The topological polar surface area (TPSA) is 61.4 Å². The standard InChI is InChI=1S/C27H35F4N3O2/c1-26(2,3)22(19-9-7-6-8-10-19)15-24(35)32-16-20(34(4)5)13-18-11-12-21(23(28)14-18)25(36)33-17-27(29,30)31/h6-12,14,20,22H,13,15-17H2,1-5H3,(H,32,35)(H,33,36)/t20-,22+/m0/s1. The van der Waals surface area contributed by atoms with Crippen molar-refractivity contribution in [1.82, 2.24) is 15.5 Å². The zero-order valence-electron chi connectivity index (χ0n) is 21.4. The lowest BCUT2D eigenvalue weighted by Crippen LogP contribution is -2.42. The first-order chi connectivity index (χ1) is 16.7. The summed E-state index contributed by atoms with van der Waals surface area (Å²) in [5.41, 5.74) is 1.08. The monoisotopic (exact) mass is 509 g/mol. The van der Waals surface area contributed by atoms with Crippen molar-refractivity contribution in [2.24, 2.45) is 5.41 Å². The largest absolute Gasteiger partial charge is 0.405 e. The van der Waals surface area contributed by atoms with Gasteiger partial charge in [-0.1, -0.05) is 57.2 Å². The van der Waals surface area contributed by atoms with E-state index in [2.05, 4.69) is 26.1 Å². The van der Waals surface area contributed by atoms with Crippen LogP contribution in [0.1, 0.15) is 54.6 Å². The fourth-order valence-corrected chi connectivity index (χ4v) is 3.95. The van der Waals surface area contributed by atoms with Gasteiger partial charge in [-0.25, -0.2) is 4.39 Å². The molecular formula is C27H35F4N3O2. The van der Waals surface area contributed by atoms with Crippen molar-refractivity contribution in [1.29, 1.82) is 0 Å². The molecule has 0 fully saturated rings. The summed E-state index contributed by atoms with van der Waals surface area (Å²) in [7, 11) is 3.68. The molecule has 0 aromatic heterocycles. The number of rotatable bonds is 10. The Balaban J connectivity index is 2.02. The molecular weight excluding hydrogens is 474 g/mol. The molecule has 2 amide bonds. The predicted octanol–water partition coefficient (Wildman–Crippen LogP) is 4.93. The van der Waals surface area contributed by atoms with E-state index < -0.39 is 30.0 Å². The molecule has 2 rings (SSSR count). The van der Waals surface area contributed by atoms with E-state index >= 15 is 0 Å². The predicted molar refractivity (Wildman–Crippen MR) is 132 cm³/mol. The molecule has 2 atom stereocenters. The summed E-state index contributed by atoms with van der Waals surface area (Å²) in [6.45, 7) is 5.09. The highest BCUT2D eigenvalue weighted by molar-refractivity contribution is 5.94. The van der Waals surface area contributed by atoms with Gasteiger partial charge in [-0.05, 0) is 55.1 Å². The van der Waals surface area contributed by atoms with E-state index in [-0.39, 0.29) is 23.3 Å². The van der Waals surface area contributed by atoms with Crippen LogP contribution >= 0.6 is 0 Å². The number of nitrogens with one attached hydrogen (secondary N) is 2. The molecule has 0 aliphatic heterocycles. The number of likely N-dealkylation sites (N-methyl/N-ethyl adjacent to an activating group) is 1. The molecule has 0 unspecified atom stereocenters. The SMILES string of the molecule is CN(C)[C@H](CNC(=O)C[C@H](c1ccccc1)C(C)(C)C)Cc1ccc(C(=O)NCC(F)(F)F)c(F)c1. The van der Waals surface area contributed by atoms with Crippen LogP contribution in [0.4, 0.5) is 17.6 Å². The molecule has 0 saturated heterocycles. The third kappa shape index (κ3) is 9.26. The molecule has 0 aliphatic carbocycles. The molecule has 2 N–H and O–H groups in total. The number of nitrogens with zero attached hydrogens (tertiary/aromatic N) is 1. The van der Waals surface area contributed by atoms with Gasteiger partial charge >= 0.3 is 6.18 Å². The molecule has 9 heteroatoms. The maximum atomic E-state index is 14.5. The first-order valence-electron chi connectivity index (χ1n) is 11.8. The van der Waals surface area contributed by atoms with Gasteiger partial charge in [-0.2, -0.15) is 13.2 Å². The Kier molecular flexibility index (Phi) is 10.0. The number of carbonyl (C=O) groups is 2. The summed E-state index contributed by atoms with van der Waals surface area (Å²) in [5.74, 6) is -2.08. The van der Waals surface area contributed by atoms with Crippen molar-refractivity contribution in [2.45, 2.75) is 51.7 Å². The molecule has 0 heterocycles. The van der Waals surface area contributed by atoms with Gasteiger partial charge in [-0.15, -0.1) is 0 Å². The summed E-state index contributed by atoms with van der Waals surface area (Å²) in [6.07, 6.45) is -3.89. The Hall–Kier alpha value is -2.94. The molecule has 198 valence electrons. The maximum Gasteiger partial charge on any atom is 0.405 e. The molecule has 0 bridgehead atoms. The molecule has 36 heavy (non-hydrogen) atoms. The van der Waals surface area contributed by atoms with Crippen LogP contribution in [0.3, 0.4) is 0 Å². The summed E-state index contributed by atoms with van der Waals surface area (Å²) in [4.78, 5) is 26.6. The minimum atomic E-state index is -4.58. The van der Waals surface area contributed by atoms with Gasteiger partial charge in [0.25, 0.3) is 5.91 Å². The van der Waals surface area contributed by atoms with Gasteiger partial charge in [0.05, 0.1) is 5.56 Å². The lowest BCUT2D eigenvalue weighted by molar-refractivity contribution is -0.123. The van der Waals surface area contributed by atoms with Gasteiger partial charge < -0.3 is 15.5 Å². The van der Waals surface area contributed by atoms with E-state index in [9.17, 15) is 27.2 Å². The van der Waals surface area contributed by atoms with Crippen LogP contribution in [-0.4, -0.2) is 56.1 Å². The minimum Gasteiger partial charge on any atom is -0.355 e. The van der Waals surface area contributed by atoms with Gasteiger partial charge in [-0.3, -0.25) is 9.59 Å². The maximum absolute atomic E-state index is 14.5. The zero-order chi connectivity index (χ0) is 27.1. The van der Waals surface area contributed by atoms with E-state index in [1.165, 1.54) is 12.1 Å². The van der Waals surface area contributed by atoms with Gasteiger partial charge in [0, 0.05) is 19.0 Å². The summed E-state index contributed by atoms with van der Waals surface area (Å²) < 4.78 is 51.4. The second kappa shape index (κ2) is 12.3. The van der Waals surface area contributed by atoms with Crippen LogP contribution in [0, 0.1) is 11.2 Å². The number of amides is 2. The summed E-state index contributed by atoms with van der Waals surface area (Å²) in [6, 6.07) is 13.6. The number of carbonyl (C=O) groups excluding carboxylic acids is 2. The Labute approximate surface area is 210 Å². The van der Waals surface area contributed by atoms with E-state index in [0.717, 1.165) is 11.6 Å². The average molecular weight is 510 g/mol. The minimum absolute atomic E-state index is 0.0293. The number of hydrogen-bond donors (Lipinski definition) is 2. The van der Waals surface area contributed by atoms with Crippen molar-refractivity contribution >= 4 is 11.8 Å². The second-order valence-electron chi connectivity index (χ2n) is 10.3.